The van der Waals surface area contributed by atoms with Gasteiger partial charge in [-0.3, -0.25) is 9.59 Å². The highest BCUT2D eigenvalue weighted by Gasteiger charge is 2.34. The highest BCUT2D eigenvalue weighted by atomic mass is 16.5. The molecule has 1 atom stereocenters. The number of nitrogens with zero attached hydrogens (tertiary/aromatic N) is 3. The van der Waals surface area contributed by atoms with Gasteiger partial charge in [-0.25, -0.2) is 0 Å². The summed E-state index contributed by atoms with van der Waals surface area (Å²) in [5.41, 5.74) is 0. The molecule has 1 saturated carbocycles. The van der Waals surface area contributed by atoms with Crippen molar-refractivity contribution in [3.05, 3.63) is 11.7 Å². The molecule has 0 saturated heterocycles. The summed E-state index contributed by atoms with van der Waals surface area (Å²) in [7, 11) is 0. The fraction of sp³-hybridized carbons (Fsp3) is 0.692. The first-order chi connectivity index (χ1) is 9.47. The monoisotopic (exact) mass is 281 g/mol. The summed E-state index contributed by atoms with van der Waals surface area (Å²) >= 11 is 0. The van der Waals surface area contributed by atoms with Gasteiger partial charge in [-0.2, -0.15) is 4.98 Å². The number of hydrogen-bond donors (Lipinski definition) is 1. The molecule has 1 aromatic heterocycles. The quantitative estimate of drug-likeness (QED) is 0.801. The van der Waals surface area contributed by atoms with Crippen molar-refractivity contribution in [1.82, 2.24) is 15.0 Å². The van der Waals surface area contributed by atoms with Crippen molar-refractivity contribution in [2.45, 2.75) is 45.6 Å². The van der Waals surface area contributed by atoms with Gasteiger partial charge in [0.2, 0.25) is 11.8 Å². The Balaban J connectivity index is 1.88. The van der Waals surface area contributed by atoms with E-state index in [1.807, 2.05) is 0 Å². The first kappa shape index (κ1) is 14.5. The Kier molecular flexibility index (Phi) is 4.36. The minimum atomic E-state index is -0.879. The van der Waals surface area contributed by atoms with Crippen LogP contribution in [-0.4, -0.2) is 44.6 Å². The summed E-state index contributed by atoms with van der Waals surface area (Å²) in [6, 6.07) is 0.203. The van der Waals surface area contributed by atoms with Crippen LogP contribution in [-0.2, 0) is 16.0 Å². The molecule has 1 aromatic rings. The van der Waals surface area contributed by atoms with E-state index >= 15 is 0 Å². The Morgan fingerprint density at radius 2 is 2.20 bits per heavy atom. The lowest BCUT2D eigenvalue weighted by molar-refractivity contribution is -0.143. The first-order valence-corrected chi connectivity index (χ1v) is 6.79. The SMILES string of the molecule is Cc1noc(CCC(=O)N(CC(C)C(=O)O)C2CC2)n1. The Labute approximate surface area is 117 Å². The predicted molar refractivity (Wildman–Crippen MR) is 68.9 cm³/mol. The van der Waals surface area contributed by atoms with Gasteiger partial charge in [0.25, 0.3) is 0 Å². The van der Waals surface area contributed by atoms with Crippen molar-refractivity contribution in [3.63, 3.8) is 0 Å². The van der Waals surface area contributed by atoms with Crippen molar-refractivity contribution >= 4 is 11.9 Å². The molecule has 7 heteroatoms. The smallest absolute Gasteiger partial charge is 0.308 e. The van der Waals surface area contributed by atoms with E-state index in [2.05, 4.69) is 10.1 Å². The fourth-order valence-corrected chi connectivity index (χ4v) is 2.01. The zero-order chi connectivity index (χ0) is 14.7. The van der Waals surface area contributed by atoms with Crippen LogP contribution >= 0.6 is 0 Å². The number of carboxylic acids is 1. The number of carbonyl (C=O) groups is 2. The summed E-state index contributed by atoms with van der Waals surface area (Å²) in [4.78, 5) is 28.8. The molecule has 20 heavy (non-hydrogen) atoms. The standard InChI is InChI=1S/C13H19N3O4/c1-8(13(18)19)7-16(10-3-4-10)12(17)6-5-11-14-9(2)15-20-11/h8,10H,3-7H2,1-2H3,(H,18,19). The molecule has 0 spiro atoms. The van der Waals surface area contributed by atoms with Gasteiger partial charge in [-0.05, 0) is 19.8 Å². The average Bonchev–Trinajstić information content (AvgIpc) is 3.15. The van der Waals surface area contributed by atoms with E-state index in [4.69, 9.17) is 9.63 Å². The van der Waals surface area contributed by atoms with Gasteiger partial charge >= 0.3 is 5.97 Å². The molecule has 1 aliphatic rings. The second-order valence-corrected chi connectivity index (χ2v) is 5.25. The van der Waals surface area contributed by atoms with Crippen molar-refractivity contribution < 1.29 is 19.2 Å². The van der Waals surface area contributed by atoms with Gasteiger partial charge in [0.1, 0.15) is 0 Å². The van der Waals surface area contributed by atoms with E-state index in [0.29, 0.717) is 18.1 Å². The molecule has 1 aliphatic carbocycles. The third-order valence-electron chi connectivity index (χ3n) is 3.32. The van der Waals surface area contributed by atoms with Crippen LogP contribution in [0.5, 0.6) is 0 Å². The molecule has 1 amide bonds. The lowest BCUT2D eigenvalue weighted by Gasteiger charge is -2.24. The van der Waals surface area contributed by atoms with Crippen LogP contribution in [0.4, 0.5) is 0 Å². The fourth-order valence-electron chi connectivity index (χ4n) is 2.01. The highest BCUT2D eigenvalue weighted by Crippen LogP contribution is 2.28. The first-order valence-electron chi connectivity index (χ1n) is 6.79. The molecule has 0 aliphatic heterocycles. The lowest BCUT2D eigenvalue weighted by atomic mass is 10.1. The Bertz CT molecular complexity index is 496. The molecule has 110 valence electrons. The molecule has 0 aromatic carbocycles. The van der Waals surface area contributed by atoms with Gasteiger partial charge < -0.3 is 14.5 Å². The zero-order valence-corrected chi connectivity index (χ0v) is 11.7. The van der Waals surface area contributed by atoms with Crippen LogP contribution < -0.4 is 0 Å². The number of amides is 1. The number of carboxylic acid groups (broad SMARTS) is 1. The number of aromatic nitrogens is 2. The minimum absolute atomic E-state index is 0.0450. The molecule has 2 rings (SSSR count). The van der Waals surface area contributed by atoms with Gasteiger partial charge in [0, 0.05) is 25.4 Å². The van der Waals surface area contributed by atoms with E-state index in [1.54, 1.807) is 18.7 Å². The Morgan fingerprint density at radius 3 is 2.70 bits per heavy atom. The summed E-state index contributed by atoms with van der Waals surface area (Å²) in [6.45, 7) is 3.61. The second kappa shape index (κ2) is 6.02. The molecule has 1 heterocycles. The van der Waals surface area contributed by atoms with Crippen LogP contribution in [0.15, 0.2) is 4.52 Å². The Morgan fingerprint density at radius 1 is 1.50 bits per heavy atom. The maximum atomic E-state index is 12.2. The lowest BCUT2D eigenvalue weighted by Crippen LogP contribution is -2.38. The molecule has 1 N–H and O–H groups in total. The van der Waals surface area contributed by atoms with E-state index in [9.17, 15) is 9.59 Å². The zero-order valence-electron chi connectivity index (χ0n) is 11.7. The maximum Gasteiger partial charge on any atom is 0.308 e. The number of aliphatic carboxylic acids is 1. The predicted octanol–water partition coefficient (Wildman–Crippen LogP) is 1.02. The number of carbonyl (C=O) groups excluding carboxylic acids is 1. The van der Waals surface area contributed by atoms with Crippen molar-refractivity contribution in [1.29, 1.82) is 0 Å². The molecule has 1 unspecified atom stereocenters. The number of aryl methyl sites for hydroxylation is 2. The van der Waals surface area contributed by atoms with E-state index in [0.717, 1.165) is 12.8 Å². The largest absolute Gasteiger partial charge is 0.481 e. The van der Waals surface area contributed by atoms with E-state index in [1.165, 1.54) is 0 Å². The van der Waals surface area contributed by atoms with E-state index in [-0.39, 0.29) is 24.9 Å². The third kappa shape index (κ3) is 3.79. The summed E-state index contributed by atoms with van der Waals surface area (Å²) in [5.74, 6) is -0.485. The molecular weight excluding hydrogens is 262 g/mol. The summed E-state index contributed by atoms with van der Waals surface area (Å²) < 4.78 is 4.96. The summed E-state index contributed by atoms with van der Waals surface area (Å²) in [5, 5.41) is 12.6. The summed E-state index contributed by atoms with van der Waals surface area (Å²) in [6.07, 6.45) is 2.57. The van der Waals surface area contributed by atoms with Crippen molar-refractivity contribution in [2.75, 3.05) is 6.54 Å². The van der Waals surface area contributed by atoms with Crippen LogP contribution in [0.1, 0.15) is 37.9 Å². The van der Waals surface area contributed by atoms with Gasteiger partial charge in [-0.1, -0.05) is 12.1 Å². The minimum Gasteiger partial charge on any atom is -0.481 e. The third-order valence-corrected chi connectivity index (χ3v) is 3.32. The molecule has 0 radical (unpaired) electrons. The highest BCUT2D eigenvalue weighted by molar-refractivity contribution is 5.78. The Hall–Kier alpha value is -1.92. The molecule has 0 bridgehead atoms. The number of rotatable bonds is 7. The van der Waals surface area contributed by atoms with Gasteiger partial charge in [0.15, 0.2) is 5.82 Å². The van der Waals surface area contributed by atoms with E-state index < -0.39 is 11.9 Å². The molecule has 1 fully saturated rings. The van der Waals surface area contributed by atoms with Crippen LogP contribution in [0.2, 0.25) is 0 Å². The van der Waals surface area contributed by atoms with Crippen molar-refractivity contribution in [3.8, 4) is 0 Å². The van der Waals surface area contributed by atoms with Crippen molar-refractivity contribution in [2.24, 2.45) is 5.92 Å². The van der Waals surface area contributed by atoms with Gasteiger partial charge in [0.05, 0.1) is 5.92 Å². The second-order valence-electron chi connectivity index (χ2n) is 5.25. The van der Waals surface area contributed by atoms with Crippen LogP contribution in [0, 0.1) is 12.8 Å². The van der Waals surface area contributed by atoms with Gasteiger partial charge in [-0.15, -0.1) is 0 Å². The number of hydrogen-bond acceptors (Lipinski definition) is 5. The normalized spacial score (nSPS) is 15.9. The molecule has 7 nitrogen and oxygen atoms in total. The topological polar surface area (TPSA) is 96.5 Å². The maximum absolute atomic E-state index is 12.2. The molecular formula is C13H19N3O4. The van der Waals surface area contributed by atoms with Crippen LogP contribution in [0.25, 0.3) is 0 Å². The average molecular weight is 281 g/mol. The van der Waals surface area contributed by atoms with Crippen LogP contribution in [0.3, 0.4) is 0 Å².